The second kappa shape index (κ2) is 4.71. The van der Waals surface area contributed by atoms with E-state index >= 15 is 0 Å². The molecule has 0 saturated heterocycles. The normalized spacial score (nSPS) is 10.7. The highest BCUT2D eigenvalue weighted by molar-refractivity contribution is 7.80. The minimum Gasteiger partial charge on any atom is -0.508 e. The molecule has 0 unspecified atom stereocenters. The van der Waals surface area contributed by atoms with Crippen LogP contribution in [0.4, 0.5) is 0 Å². The number of phenolic OH excluding ortho intramolecular Hbond substituents is 1. The Labute approximate surface area is 105 Å². The summed E-state index contributed by atoms with van der Waals surface area (Å²) in [5.74, 6) is 0.236. The van der Waals surface area contributed by atoms with Gasteiger partial charge in [0.15, 0.2) is 0 Å². The molecule has 17 heavy (non-hydrogen) atoms. The number of fused-ring (bicyclic) bond motifs is 1. The topological polar surface area (TPSA) is 52.2 Å². The first-order valence-corrected chi connectivity index (χ1v) is 5.85. The van der Waals surface area contributed by atoms with Crippen LogP contribution in [0.5, 0.6) is 5.75 Å². The Kier molecular flexibility index (Phi) is 3.28. The van der Waals surface area contributed by atoms with Crippen LogP contribution in [-0.4, -0.2) is 39.3 Å². The average Bonchev–Trinajstić information content (AvgIpc) is 2.67. The molecule has 0 amide bonds. The first-order chi connectivity index (χ1) is 8.08. The van der Waals surface area contributed by atoms with Gasteiger partial charge in [-0.3, -0.25) is 5.10 Å². The maximum absolute atomic E-state index is 9.35. The molecule has 0 fully saturated rings. The van der Waals surface area contributed by atoms with Crippen LogP contribution in [0.1, 0.15) is 12.1 Å². The van der Waals surface area contributed by atoms with Gasteiger partial charge in [-0.05, 0) is 18.6 Å². The molecule has 1 aromatic carbocycles. The predicted octanol–water partition coefficient (Wildman–Crippen LogP) is 2.09. The third-order valence-corrected chi connectivity index (χ3v) is 3.27. The van der Waals surface area contributed by atoms with Crippen molar-refractivity contribution in [3.8, 4) is 5.75 Å². The molecular weight excluding hydrogens is 234 g/mol. The van der Waals surface area contributed by atoms with E-state index in [1.807, 2.05) is 25.1 Å². The molecule has 0 aliphatic rings. The van der Waals surface area contributed by atoms with Crippen LogP contribution in [-0.2, 0) is 6.42 Å². The molecule has 90 valence electrons. The molecule has 2 aromatic rings. The number of hydrogen-bond acceptors (Lipinski definition) is 3. The van der Waals surface area contributed by atoms with Gasteiger partial charge in [0, 0.05) is 37.7 Å². The van der Waals surface area contributed by atoms with Crippen molar-refractivity contribution in [3.05, 3.63) is 23.9 Å². The lowest BCUT2D eigenvalue weighted by Crippen LogP contribution is -2.19. The molecule has 0 spiro atoms. The summed E-state index contributed by atoms with van der Waals surface area (Å²) in [6, 6.07) is 5.20. The molecule has 1 aromatic heterocycles. The molecule has 1 heterocycles. The van der Waals surface area contributed by atoms with Gasteiger partial charge in [-0.15, -0.1) is 0 Å². The third kappa shape index (κ3) is 2.55. The summed E-state index contributed by atoms with van der Waals surface area (Å²) in [7, 11) is 3.90. The van der Waals surface area contributed by atoms with Crippen molar-refractivity contribution in [1.29, 1.82) is 0 Å². The van der Waals surface area contributed by atoms with Crippen molar-refractivity contribution in [3.63, 3.8) is 0 Å². The van der Waals surface area contributed by atoms with E-state index in [-0.39, 0.29) is 5.75 Å². The summed E-state index contributed by atoms with van der Waals surface area (Å²) in [5, 5.41) is 17.6. The van der Waals surface area contributed by atoms with E-state index in [4.69, 9.17) is 12.2 Å². The molecule has 0 aliphatic heterocycles. The molecule has 5 heteroatoms. The summed E-state index contributed by atoms with van der Waals surface area (Å²) in [6.07, 6.45) is 1.65. The van der Waals surface area contributed by atoms with Gasteiger partial charge in [0.1, 0.15) is 5.75 Å². The Morgan fingerprint density at radius 3 is 2.94 bits per heavy atom. The SMILES string of the molecule is CN(C)C(=S)CCc1[nH]nc2cc(O)ccc12. The Bertz CT molecular complexity index is 548. The van der Waals surface area contributed by atoms with Crippen LogP contribution in [0.25, 0.3) is 10.9 Å². The summed E-state index contributed by atoms with van der Waals surface area (Å²) in [6.45, 7) is 0. The fraction of sp³-hybridized carbons (Fsp3) is 0.333. The third-order valence-electron chi connectivity index (χ3n) is 2.71. The van der Waals surface area contributed by atoms with Crippen molar-refractivity contribution in [2.24, 2.45) is 0 Å². The van der Waals surface area contributed by atoms with E-state index in [9.17, 15) is 5.11 Å². The van der Waals surface area contributed by atoms with Gasteiger partial charge < -0.3 is 10.0 Å². The van der Waals surface area contributed by atoms with Crippen molar-refractivity contribution in [1.82, 2.24) is 15.1 Å². The highest BCUT2D eigenvalue weighted by Crippen LogP contribution is 2.21. The van der Waals surface area contributed by atoms with Gasteiger partial charge in [-0.2, -0.15) is 5.10 Å². The highest BCUT2D eigenvalue weighted by atomic mass is 32.1. The maximum Gasteiger partial charge on any atom is 0.117 e. The van der Waals surface area contributed by atoms with E-state index in [0.29, 0.717) is 0 Å². The van der Waals surface area contributed by atoms with E-state index < -0.39 is 0 Å². The maximum atomic E-state index is 9.35. The van der Waals surface area contributed by atoms with Crippen molar-refractivity contribution in [2.75, 3.05) is 14.1 Å². The second-order valence-corrected chi connectivity index (χ2v) is 4.66. The van der Waals surface area contributed by atoms with Crippen LogP contribution in [0.15, 0.2) is 18.2 Å². The van der Waals surface area contributed by atoms with Gasteiger partial charge in [-0.25, -0.2) is 0 Å². The first-order valence-electron chi connectivity index (χ1n) is 5.44. The quantitative estimate of drug-likeness (QED) is 0.818. The zero-order valence-corrected chi connectivity index (χ0v) is 10.7. The Balaban J connectivity index is 2.17. The monoisotopic (exact) mass is 249 g/mol. The second-order valence-electron chi connectivity index (χ2n) is 4.19. The first kappa shape index (κ1) is 11.9. The predicted molar refractivity (Wildman–Crippen MR) is 72.4 cm³/mol. The van der Waals surface area contributed by atoms with E-state index in [2.05, 4.69) is 10.2 Å². The number of hydrogen-bond donors (Lipinski definition) is 2. The zero-order chi connectivity index (χ0) is 12.4. The number of nitrogens with one attached hydrogen (secondary N) is 1. The molecule has 0 aliphatic carbocycles. The largest absolute Gasteiger partial charge is 0.508 e. The Morgan fingerprint density at radius 1 is 1.47 bits per heavy atom. The van der Waals surface area contributed by atoms with Gasteiger partial charge in [0.05, 0.1) is 10.5 Å². The summed E-state index contributed by atoms with van der Waals surface area (Å²) >= 11 is 5.25. The van der Waals surface area contributed by atoms with Crippen LogP contribution in [0, 0.1) is 0 Å². The van der Waals surface area contributed by atoms with Crippen molar-refractivity contribution >= 4 is 28.1 Å². The molecule has 2 N–H and O–H groups in total. The number of rotatable bonds is 3. The lowest BCUT2D eigenvalue weighted by atomic mass is 10.1. The van der Waals surface area contributed by atoms with Gasteiger partial charge in [0.25, 0.3) is 0 Å². The minimum absolute atomic E-state index is 0.236. The van der Waals surface area contributed by atoms with Crippen LogP contribution >= 0.6 is 12.2 Å². The molecular formula is C12H15N3OS. The van der Waals surface area contributed by atoms with Crippen molar-refractivity contribution in [2.45, 2.75) is 12.8 Å². The molecule has 0 radical (unpaired) electrons. The number of phenols is 1. The zero-order valence-electron chi connectivity index (χ0n) is 9.90. The smallest absolute Gasteiger partial charge is 0.117 e. The summed E-state index contributed by atoms with van der Waals surface area (Å²) in [5.41, 5.74) is 1.85. The fourth-order valence-electron chi connectivity index (χ4n) is 1.70. The van der Waals surface area contributed by atoms with Crippen LogP contribution in [0.2, 0.25) is 0 Å². The number of thiocarbonyl (C=S) groups is 1. The fourth-order valence-corrected chi connectivity index (χ4v) is 1.80. The summed E-state index contributed by atoms with van der Waals surface area (Å²) in [4.78, 5) is 2.87. The van der Waals surface area contributed by atoms with Crippen molar-refractivity contribution < 1.29 is 5.11 Å². The van der Waals surface area contributed by atoms with E-state index in [1.165, 1.54) is 0 Å². The van der Waals surface area contributed by atoms with Gasteiger partial charge >= 0.3 is 0 Å². The lowest BCUT2D eigenvalue weighted by Gasteiger charge is -2.12. The number of aromatic hydroxyl groups is 1. The number of H-pyrrole nitrogens is 1. The van der Waals surface area contributed by atoms with Crippen LogP contribution in [0.3, 0.4) is 0 Å². The minimum atomic E-state index is 0.236. The van der Waals surface area contributed by atoms with Gasteiger partial charge in [0.2, 0.25) is 0 Å². The van der Waals surface area contributed by atoms with E-state index in [1.54, 1.807) is 12.1 Å². The Hall–Kier alpha value is -1.62. The number of aryl methyl sites for hydroxylation is 1. The summed E-state index contributed by atoms with van der Waals surface area (Å²) < 4.78 is 0. The average molecular weight is 249 g/mol. The van der Waals surface area contributed by atoms with Crippen LogP contribution < -0.4 is 0 Å². The van der Waals surface area contributed by atoms with E-state index in [0.717, 1.165) is 34.4 Å². The standard InChI is InChI=1S/C12H15N3OS/c1-15(2)12(17)6-5-10-9-4-3-8(16)7-11(9)14-13-10/h3-4,7,16H,5-6H2,1-2H3,(H,13,14). The number of nitrogens with zero attached hydrogens (tertiary/aromatic N) is 2. The number of benzene rings is 1. The molecule has 0 saturated carbocycles. The highest BCUT2D eigenvalue weighted by Gasteiger charge is 2.07. The lowest BCUT2D eigenvalue weighted by molar-refractivity contribution is 0.476. The Morgan fingerprint density at radius 2 is 2.24 bits per heavy atom. The number of aromatic amines is 1. The molecule has 0 atom stereocenters. The molecule has 0 bridgehead atoms. The molecule has 4 nitrogen and oxygen atoms in total. The number of aromatic nitrogens is 2. The van der Waals surface area contributed by atoms with Gasteiger partial charge in [-0.1, -0.05) is 12.2 Å². The molecule has 2 rings (SSSR count).